The topological polar surface area (TPSA) is 84.8 Å². The quantitative estimate of drug-likeness (QED) is 0.581. The Bertz CT molecular complexity index is 1130. The van der Waals surface area contributed by atoms with E-state index in [1.807, 2.05) is 56.3 Å². The number of nitrogens with one attached hydrogen (secondary N) is 2. The summed E-state index contributed by atoms with van der Waals surface area (Å²) in [6.07, 6.45) is 1.62. The highest BCUT2D eigenvalue weighted by Gasteiger charge is 2.11. The number of H-pyrrole nitrogens is 1. The van der Waals surface area contributed by atoms with Crippen molar-refractivity contribution >= 4 is 22.5 Å². The van der Waals surface area contributed by atoms with E-state index in [1.54, 1.807) is 18.0 Å². The third-order valence-corrected chi connectivity index (χ3v) is 4.31. The van der Waals surface area contributed by atoms with E-state index >= 15 is 0 Å². The lowest BCUT2D eigenvalue weighted by Crippen LogP contribution is -2.12. The molecule has 0 aliphatic carbocycles. The van der Waals surface area contributed by atoms with Gasteiger partial charge in [-0.05, 0) is 50.2 Å². The lowest BCUT2D eigenvalue weighted by atomic mass is 10.2. The van der Waals surface area contributed by atoms with Crippen molar-refractivity contribution in [1.82, 2.24) is 19.7 Å². The number of pyridine rings is 1. The number of rotatable bonds is 4. The Balaban J connectivity index is 1.53. The average molecular weight is 361 g/mol. The van der Waals surface area contributed by atoms with Crippen LogP contribution >= 0.6 is 0 Å². The van der Waals surface area contributed by atoms with Crippen LogP contribution in [0.2, 0.25) is 0 Å². The molecule has 0 fully saturated rings. The van der Waals surface area contributed by atoms with Crippen molar-refractivity contribution in [2.75, 3.05) is 12.4 Å². The lowest BCUT2D eigenvalue weighted by Gasteiger charge is -2.06. The van der Waals surface area contributed by atoms with Gasteiger partial charge in [0.2, 0.25) is 0 Å². The van der Waals surface area contributed by atoms with Gasteiger partial charge in [-0.2, -0.15) is 5.10 Å². The first kappa shape index (κ1) is 16.8. The monoisotopic (exact) mass is 361 g/mol. The second kappa shape index (κ2) is 6.60. The van der Waals surface area contributed by atoms with Crippen LogP contribution in [0.15, 0.2) is 48.7 Å². The number of aryl methyl sites for hydroxylation is 2. The standard InChI is InChI=1S/C20H19N5O2/c1-12-8-13(2)25(24-12)19-7-5-15(11-21-19)22-20(26)18-9-14-4-6-16(27-3)10-17(14)23-18/h4-11,23H,1-3H3,(H,22,26). The molecule has 3 aromatic heterocycles. The van der Waals surface area contributed by atoms with Gasteiger partial charge < -0.3 is 15.0 Å². The number of aromatic nitrogens is 4. The van der Waals surface area contributed by atoms with Gasteiger partial charge in [0.15, 0.2) is 5.82 Å². The first-order valence-corrected chi connectivity index (χ1v) is 8.51. The molecule has 136 valence electrons. The summed E-state index contributed by atoms with van der Waals surface area (Å²) in [5, 5.41) is 8.20. The molecule has 0 aliphatic rings. The molecule has 27 heavy (non-hydrogen) atoms. The number of benzene rings is 1. The number of ether oxygens (including phenoxy) is 1. The first-order chi connectivity index (χ1) is 13.0. The fourth-order valence-corrected chi connectivity index (χ4v) is 3.00. The Morgan fingerprint density at radius 1 is 1.15 bits per heavy atom. The van der Waals surface area contributed by atoms with Crippen LogP contribution in [0.3, 0.4) is 0 Å². The maximum Gasteiger partial charge on any atom is 0.272 e. The van der Waals surface area contributed by atoms with Crippen LogP contribution < -0.4 is 10.1 Å². The Kier molecular flexibility index (Phi) is 4.12. The number of methoxy groups -OCH3 is 1. The number of carbonyl (C=O) groups excluding carboxylic acids is 1. The highest BCUT2D eigenvalue weighted by Crippen LogP contribution is 2.22. The molecule has 0 atom stereocenters. The minimum Gasteiger partial charge on any atom is -0.497 e. The van der Waals surface area contributed by atoms with Crippen molar-refractivity contribution in [2.45, 2.75) is 13.8 Å². The Morgan fingerprint density at radius 2 is 2.00 bits per heavy atom. The van der Waals surface area contributed by atoms with Crippen molar-refractivity contribution in [3.8, 4) is 11.6 Å². The van der Waals surface area contributed by atoms with Gasteiger partial charge in [0.25, 0.3) is 5.91 Å². The fourth-order valence-electron chi connectivity index (χ4n) is 3.00. The number of amides is 1. The maximum absolute atomic E-state index is 12.5. The smallest absolute Gasteiger partial charge is 0.272 e. The molecule has 1 amide bonds. The van der Waals surface area contributed by atoms with Gasteiger partial charge in [-0.25, -0.2) is 9.67 Å². The maximum atomic E-state index is 12.5. The largest absolute Gasteiger partial charge is 0.497 e. The van der Waals surface area contributed by atoms with E-state index in [-0.39, 0.29) is 5.91 Å². The summed E-state index contributed by atoms with van der Waals surface area (Å²) in [7, 11) is 1.61. The normalized spacial score (nSPS) is 10.9. The van der Waals surface area contributed by atoms with E-state index in [9.17, 15) is 4.79 Å². The van der Waals surface area contributed by atoms with E-state index in [0.29, 0.717) is 17.2 Å². The van der Waals surface area contributed by atoms with E-state index in [1.165, 1.54) is 0 Å². The van der Waals surface area contributed by atoms with E-state index in [4.69, 9.17) is 4.74 Å². The zero-order valence-corrected chi connectivity index (χ0v) is 15.3. The Labute approximate surface area is 156 Å². The van der Waals surface area contributed by atoms with Gasteiger partial charge in [0.05, 0.1) is 24.7 Å². The Hall–Kier alpha value is -3.61. The number of hydrogen-bond acceptors (Lipinski definition) is 4. The summed E-state index contributed by atoms with van der Waals surface area (Å²) in [4.78, 5) is 20.0. The predicted molar refractivity (Wildman–Crippen MR) is 104 cm³/mol. The predicted octanol–water partition coefficient (Wildman–Crippen LogP) is 3.63. The number of hydrogen-bond donors (Lipinski definition) is 2. The summed E-state index contributed by atoms with van der Waals surface area (Å²) in [5.74, 6) is 1.21. The van der Waals surface area contributed by atoms with E-state index in [0.717, 1.165) is 28.0 Å². The van der Waals surface area contributed by atoms with Crippen molar-refractivity contribution in [1.29, 1.82) is 0 Å². The first-order valence-electron chi connectivity index (χ1n) is 8.51. The van der Waals surface area contributed by atoms with Crippen LogP contribution in [-0.2, 0) is 0 Å². The van der Waals surface area contributed by atoms with Crippen molar-refractivity contribution < 1.29 is 9.53 Å². The van der Waals surface area contributed by atoms with Crippen LogP contribution in [-0.4, -0.2) is 32.8 Å². The second-order valence-corrected chi connectivity index (χ2v) is 6.33. The molecular formula is C20H19N5O2. The van der Waals surface area contributed by atoms with E-state index < -0.39 is 0 Å². The summed E-state index contributed by atoms with van der Waals surface area (Å²) >= 11 is 0. The zero-order valence-electron chi connectivity index (χ0n) is 15.3. The SMILES string of the molecule is COc1ccc2cc(C(=O)Nc3ccc(-n4nc(C)cc4C)nc3)[nH]c2c1. The van der Waals surface area contributed by atoms with Gasteiger partial charge >= 0.3 is 0 Å². The minimum absolute atomic E-state index is 0.231. The molecular weight excluding hydrogens is 342 g/mol. The van der Waals surface area contributed by atoms with Crippen LogP contribution in [0.25, 0.3) is 16.7 Å². The fraction of sp³-hybridized carbons (Fsp3) is 0.150. The highest BCUT2D eigenvalue weighted by atomic mass is 16.5. The lowest BCUT2D eigenvalue weighted by molar-refractivity contribution is 0.102. The molecule has 0 saturated carbocycles. The van der Waals surface area contributed by atoms with Gasteiger partial charge in [0.1, 0.15) is 11.4 Å². The highest BCUT2D eigenvalue weighted by molar-refractivity contribution is 6.05. The molecule has 0 bridgehead atoms. The van der Waals surface area contributed by atoms with Gasteiger partial charge in [-0.1, -0.05) is 0 Å². The zero-order chi connectivity index (χ0) is 19.0. The van der Waals surface area contributed by atoms with Crippen LogP contribution in [0.1, 0.15) is 21.9 Å². The summed E-state index contributed by atoms with van der Waals surface area (Å²) < 4.78 is 6.98. The molecule has 7 nitrogen and oxygen atoms in total. The summed E-state index contributed by atoms with van der Waals surface area (Å²) in [6, 6.07) is 13.1. The number of carbonyl (C=O) groups is 1. The molecule has 0 unspecified atom stereocenters. The van der Waals surface area contributed by atoms with Gasteiger partial charge in [-0.15, -0.1) is 0 Å². The molecule has 0 spiro atoms. The molecule has 4 rings (SSSR count). The van der Waals surface area contributed by atoms with E-state index in [2.05, 4.69) is 20.4 Å². The number of nitrogens with zero attached hydrogens (tertiary/aromatic N) is 3. The third-order valence-electron chi connectivity index (χ3n) is 4.31. The molecule has 3 heterocycles. The van der Waals surface area contributed by atoms with Crippen LogP contribution in [0.5, 0.6) is 5.75 Å². The minimum atomic E-state index is -0.231. The van der Waals surface area contributed by atoms with Gasteiger partial charge in [-0.3, -0.25) is 4.79 Å². The summed E-state index contributed by atoms with van der Waals surface area (Å²) in [6.45, 7) is 3.91. The van der Waals surface area contributed by atoms with Crippen LogP contribution in [0.4, 0.5) is 5.69 Å². The van der Waals surface area contributed by atoms with Crippen LogP contribution in [0, 0.1) is 13.8 Å². The number of aromatic amines is 1. The number of fused-ring (bicyclic) bond motifs is 1. The molecule has 4 aromatic rings. The molecule has 0 radical (unpaired) electrons. The molecule has 1 aromatic carbocycles. The van der Waals surface area contributed by atoms with Crippen molar-refractivity contribution in [3.63, 3.8) is 0 Å². The summed E-state index contributed by atoms with van der Waals surface area (Å²) in [5.41, 5.74) is 3.87. The molecule has 2 N–H and O–H groups in total. The second-order valence-electron chi connectivity index (χ2n) is 6.33. The number of anilines is 1. The average Bonchev–Trinajstić information content (AvgIpc) is 3.24. The molecule has 0 saturated heterocycles. The Morgan fingerprint density at radius 3 is 2.67 bits per heavy atom. The molecule has 7 heteroatoms. The molecule has 0 aliphatic heterocycles. The third kappa shape index (κ3) is 3.27. The van der Waals surface area contributed by atoms with Crippen molar-refractivity contribution in [3.05, 3.63) is 65.7 Å². The van der Waals surface area contributed by atoms with Crippen molar-refractivity contribution in [2.24, 2.45) is 0 Å². The van der Waals surface area contributed by atoms with Gasteiger partial charge in [0, 0.05) is 22.7 Å².